The fourth-order valence-electron chi connectivity index (χ4n) is 2.84. The Bertz CT molecular complexity index is 651. The average molecular weight is 369 g/mol. The predicted octanol–water partition coefficient (Wildman–Crippen LogP) is 3.07. The number of hydrogen-bond donors (Lipinski definition) is 2. The van der Waals surface area contributed by atoms with E-state index < -0.39 is 0 Å². The molecular weight excluding hydrogens is 347 g/mol. The van der Waals surface area contributed by atoms with Crippen LogP contribution in [0.3, 0.4) is 0 Å². The third kappa shape index (κ3) is 4.97. The summed E-state index contributed by atoms with van der Waals surface area (Å²) >= 11 is 5.88. The highest BCUT2D eigenvalue weighted by atomic mass is 35.5. The van der Waals surface area contributed by atoms with Crippen LogP contribution in [-0.2, 0) is 0 Å². The Morgan fingerprint density at radius 3 is 2.88 bits per heavy atom. The molecule has 3 rings (SSSR count). The van der Waals surface area contributed by atoms with E-state index in [0.717, 1.165) is 25.2 Å². The van der Waals surface area contributed by atoms with Gasteiger partial charge in [0.25, 0.3) is 5.91 Å². The number of nitrogens with one attached hydrogen (secondary N) is 2. The monoisotopic (exact) mass is 368 g/mol. The summed E-state index contributed by atoms with van der Waals surface area (Å²) in [5, 5.41) is 11.3. The second kappa shape index (κ2) is 9.06. The highest BCUT2D eigenvalue weighted by Gasteiger charge is 2.14. The number of hydrogen-bond acceptors (Lipinski definition) is 3. The molecule has 1 aliphatic heterocycles. The molecule has 1 amide bonds. The Morgan fingerprint density at radius 1 is 1.38 bits per heavy atom. The van der Waals surface area contributed by atoms with Gasteiger partial charge in [0.1, 0.15) is 0 Å². The Labute approximate surface area is 153 Å². The quantitative estimate of drug-likeness (QED) is 0.852. The van der Waals surface area contributed by atoms with E-state index in [9.17, 15) is 4.79 Å². The van der Waals surface area contributed by atoms with Crippen LogP contribution in [0.2, 0.25) is 5.02 Å². The van der Waals surface area contributed by atoms with Crippen LogP contribution in [0.4, 0.5) is 0 Å². The van der Waals surface area contributed by atoms with Gasteiger partial charge in [0.2, 0.25) is 0 Å². The molecular formula is C17H22Cl2N4O. The van der Waals surface area contributed by atoms with E-state index in [4.69, 9.17) is 11.6 Å². The topological polar surface area (TPSA) is 59.0 Å². The van der Waals surface area contributed by atoms with Gasteiger partial charge in [-0.05, 0) is 62.5 Å². The number of piperidine rings is 1. The summed E-state index contributed by atoms with van der Waals surface area (Å²) in [5.41, 5.74) is 1.45. The highest BCUT2D eigenvalue weighted by Crippen LogP contribution is 2.14. The van der Waals surface area contributed by atoms with Crippen molar-refractivity contribution in [1.29, 1.82) is 0 Å². The van der Waals surface area contributed by atoms with Gasteiger partial charge in [0.15, 0.2) is 0 Å². The first-order chi connectivity index (χ1) is 11.2. The molecule has 1 aliphatic rings. The number of carbonyl (C=O) groups is 1. The molecule has 5 nitrogen and oxygen atoms in total. The summed E-state index contributed by atoms with van der Waals surface area (Å²) in [6.07, 6.45) is 6.82. The largest absolute Gasteiger partial charge is 0.352 e. The summed E-state index contributed by atoms with van der Waals surface area (Å²) in [6.45, 7) is 2.88. The molecule has 2 heterocycles. The Morgan fingerprint density at radius 2 is 2.17 bits per heavy atom. The molecule has 1 atom stereocenters. The maximum atomic E-state index is 12.2. The zero-order valence-electron chi connectivity index (χ0n) is 13.4. The van der Waals surface area contributed by atoms with Crippen molar-refractivity contribution in [1.82, 2.24) is 20.4 Å². The second-order valence-electron chi connectivity index (χ2n) is 5.91. The molecule has 0 radical (unpaired) electrons. The lowest BCUT2D eigenvalue weighted by molar-refractivity contribution is 0.0950. The van der Waals surface area contributed by atoms with Crippen molar-refractivity contribution in [3.05, 3.63) is 47.2 Å². The van der Waals surface area contributed by atoms with E-state index in [1.165, 1.54) is 12.8 Å². The predicted molar refractivity (Wildman–Crippen MR) is 98.4 cm³/mol. The van der Waals surface area contributed by atoms with Crippen LogP contribution in [0.15, 0.2) is 36.7 Å². The van der Waals surface area contributed by atoms with E-state index >= 15 is 0 Å². The molecule has 130 valence electrons. The molecule has 1 fully saturated rings. The van der Waals surface area contributed by atoms with Crippen LogP contribution in [-0.4, -0.2) is 35.3 Å². The number of nitrogens with zero attached hydrogens (tertiary/aromatic N) is 2. The summed E-state index contributed by atoms with van der Waals surface area (Å²) in [5.74, 6) is 0.592. The van der Waals surface area contributed by atoms with Crippen molar-refractivity contribution in [3.63, 3.8) is 0 Å². The molecule has 2 N–H and O–H groups in total. The van der Waals surface area contributed by atoms with Gasteiger partial charge >= 0.3 is 0 Å². The fourth-order valence-corrected chi connectivity index (χ4v) is 2.96. The summed E-state index contributed by atoms with van der Waals surface area (Å²) < 4.78 is 1.68. The van der Waals surface area contributed by atoms with Gasteiger partial charge in [-0.1, -0.05) is 11.6 Å². The van der Waals surface area contributed by atoms with Crippen molar-refractivity contribution >= 4 is 29.9 Å². The number of carbonyl (C=O) groups excluding carboxylic acids is 1. The molecule has 1 saturated heterocycles. The lowest BCUT2D eigenvalue weighted by Crippen LogP contribution is -2.33. The van der Waals surface area contributed by atoms with Crippen LogP contribution in [0.5, 0.6) is 0 Å². The Hall–Kier alpha value is -1.56. The van der Waals surface area contributed by atoms with Crippen LogP contribution < -0.4 is 10.6 Å². The molecule has 1 aromatic heterocycles. The zero-order chi connectivity index (χ0) is 16.1. The van der Waals surface area contributed by atoms with E-state index in [2.05, 4.69) is 15.7 Å². The molecule has 24 heavy (non-hydrogen) atoms. The first-order valence-corrected chi connectivity index (χ1v) is 8.40. The molecule has 0 bridgehead atoms. The molecule has 2 aromatic rings. The van der Waals surface area contributed by atoms with E-state index in [0.29, 0.717) is 23.0 Å². The third-order valence-corrected chi connectivity index (χ3v) is 4.43. The number of benzene rings is 1. The molecule has 7 heteroatoms. The number of aromatic nitrogens is 2. The van der Waals surface area contributed by atoms with Crippen LogP contribution in [0.1, 0.15) is 29.6 Å². The second-order valence-corrected chi connectivity index (χ2v) is 6.34. The number of amides is 1. The van der Waals surface area contributed by atoms with Crippen molar-refractivity contribution in [2.75, 3.05) is 19.6 Å². The van der Waals surface area contributed by atoms with Gasteiger partial charge in [-0.2, -0.15) is 5.10 Å². The Balaban J connectivity index is 0.00000208. The normalized spacial score (nSPS) is 17.1. The maximum absolute atomic E-state index is 12.2. The number of rotatable bonds is 5. The van der Waals surface area contributed by atoms with Gasteiger partial charge in [-0.15, -0.1) is 12.4 Å². The van der Waals surface area contributed by atoms with Gasteiger partial charge in [-0.25, -0.2) is 4.68 Å². The molecule has 1 unspecified atom stereocenters. The minimum absolute atomic E-state index is 0. The van der Waals surface area contributed by atoms with Crippen molar-refractivity contribution in [3.8, 4) is 5.69 Å². The molecule has 0 aliphatic carbocycles. The molecule has 0 saturated carbocycles. The van der Waals surface area contributed by atoms with Gasteiger partial charge in [-0.3, -0.25) is 4.79 Å². The minimum atomic E-state index is -0.0750. The van der Waals surface area contributed by atoms with Crippen molar-refractivity contribution in [2.24, 2.45) is 5.92 Å². The summed E-state index contributed by atoms with van der Waals surface area (Å²) in [7, 11) is 0. The Kier molecular flexibility index (Phi) is 7.09. The van der Waals surface area contributed by atoms with Gasteiger partial charge in [0.05, 0.1) is 17.4 Å². The van der Waals surface area contributed by atoms with E-state index in [1.54, 1.807) is 29.2 Å². The summed E-state index contributed by atoms with van der Waals surface area (Å²) in [4.78, 5) is 12.2. The molecule has 1 aromatic carbocycles. The standard InChI is InChI=1S/C17H21ClN4O.ClH/c18-15-3-5-16(6-4-15)22-12-14(11-21-22)17(23)20-9-7-13-2-1-8-19-10-13;/h3-6,11-13,19H,1-2,7-10H2,(H,20,23);1H. The first-order valence-electron chi connectivity index (χ1n) is 8.02. The van der Waals surface area contributed by atoms with Gasteiger partial charge in [0, 0.05) is 17.8 Å². The summed E-state index contributed by atoms with van der Waals surface area (Å²) in [6, 6.07) is 7.34. The number of halogens is 2. The van der Waals surface area contributed by atoms with E-state index in [-0.39, 0.29) is 18.3 Å². The zero-order valence-corrected chi connectivity index (χ0v) is 14.9. The van der Waals surface area contributed by atoms with Crippen molar-refractivity contribution in [2.45, 2.75) is 19.3 Å². The first kappa shape index (κ1) is 18.8. The van der Waals surface area contributed by atoms with Crippen LogP contribution >= 0.6 is 24.0 Å². The SMILES string of the molecule is Cl.O=C(NCCC1CCCNC1)c1cnn(-c2ccc(Cl)cc2)c1. The average Bonchev–Trinajstić information content (AvgIpc) is 3.06. The van der Waals surface area contributed by atoms with Gasteiger partial charge < -0.3 is 10.6 Å². The lowest BCUT2D eigenvalue weighted by atomic mass is 9.96. The highest BCUT2D eigenvalue weighted by molar-refractivity contribution is 6.30. The van der Waals surface area contributed by atoms with Crippen LogP contribution in [0.25, 0.3) is 5.69 Å². The van der Waals surface area contributed by atoms with Crippen molar-refractivity contribution < 1.29 is 4.79 Å². The molecule has 0 spiro atoms. The lowest BCUT2D eigenvalue weighted by Gasteiger charge is -2.22. The maximum Gasteiger partial charge on any atom is 0.254 e. The smallest absolute Gasteiger partial charge is 0.254 e. The van der Waals surface area contributed by atoms with Crippen LogP contribution in [0, 0.1) is 5.92 Å². The third-order valence-electron chi connectivity index (χ3n) is 4.17. The minimum Gasteiger partial charge on any atom is -0.352 e. The fraction of sp³-hybridized carbons (Fsp3) is 0.412. The van der Waals surface area contributed by atoms with E-state index in [1.807, 2.05) is 12.1 Å².